The quantitative estimate of drug-likeness (QED) is 0.225. The molecule has 8 heteroatoms. The smallest absolute Gasteiger partial charge is 0.262 e. The van der Waals surface area contributed by atoms with Crippen LogP contribution in [0.15, 0.2) is 97.1 Å². The van der Waals surface area contributed by atoms with Crippen LogP contribution in [-0.4, -0.2) is 23.6 Å². The molecule has 0 radical (unpaired) electrons. The minimum absolute atomic E-state index is 0.180. The van der Waals surface area contributed by atoms with Crippen LogP contribution in [0.3, 0.4) is 0 Å². The highest BCUT2D eigenvalue weighted by atomic mass is 16.2. The molecule has 4 aromatic carbocycles. The van der Waals surface area contributed by atoms with Crippen LogP contribution in [0, 0.1) is 0 Å². The van der Waals surface area contributed by atoms with E-state index in [1.165, 1.54) is 12.2 Å². The number of amides is 4. The summed E-state index contributed by atoms with van der Waals surface area (Å²) in [5.41, 5.74) is 10.8. The second-order valence-corrected chi connectivity index (χ2v) is 8.38. The van der Waals surface area contributed by atoms with Gasteiger partial charge in [-0.1, -0.05) is 84.9 Å². The third-order valence-corrected chi connectivity index (χ3v) is 5.70. The Hall–Kier alpha value is -5.24. The summed E-state index contributed by atoms with van der Waals surface area (Å²) < 4.78 is 0. The van der Waals surface area contributed by atoms with Crippen LogP contribution >= 0.6 is 0 Å². The molecule has 0 aliphatic heterocycles. The Bertz CT molecular complexity index is 1430. The topological polar surface area (TPSA) is 116 Å². The van der Waals surface area contributed by atoms with E-state index >= 15 is 0 Å². The largest absolute Gasteiger partial charge is 0.273 e. The van der Waals surface area contributed by atoms with Gasteiger partial charge < -0.3 is 0 Å². The molecule has 4 amide bonds. The van der Waals surface area contributed by atoms with Gasteiger partial charge in [0.25, 0.3) is 11.8 Å². The van der Waals surface area contributed by atoms with Gasteiger partial charge in [0.15, 0.2) is 0 Å². The zero-order valence-electron chi connectivity index (χ0n) is 20.4. The second-order valence-electron chi connectivity index (χ2n) is 8.38. The van der Waals surface area contributed by atoms with E-state index in [4.69, 9.17) is 0 Å². The van der Waals surface area contributed by atoms with Gasteiger partial charge >= 0.3 is 0 Å². The van der Waals surface area contributed by atoms with Gasteiger partial charge in [-0.2, -0.15) is 0 Å². The minimum atomic E-state index is -0.547. The van der Waals surface area contributed by atoms with Crippen LogP contribution in [0.25, 0.3) is 33.7 Å². The Morgan fingerprint density at radius 3 is 1.34 bits per heavy atom. The van der Waals surface area contributed by atoms with Crippen molar-refractivity contribution in [2.24, 2.45) is 0 Å². The average molecular weight is 507 g/mol. The lowest BCUT2D eigenvalue weighted by atomic mass is 10.0. The van der Waals surface area contributed by atoms with Crippen molar-refractivity contribution in [3.63, 3.8) is 0 Å². The zero-order valence-corrected chi connectivity index (χ0v) is 20.4. The van der Waals surface area contributed by atoms with Gasteiger partial charge in [0.05, 0.1) is 0 Å². The van der Waals surface area contributed by atoms with Gasteiger partial charge in [0.1, 0.15) is 0 Å². The van der Waals surface area contributed by atoms with Gasteiger partial charge in [-0.15, -0.1) is 0 Å². The summed E-state index contributed by atoms with van der Waals surface area (Å²) in [5, 5.41) is 4.12. The Kier molecular flexibility index (Phi) is 8.60. The lowest BCUT2D eigenvalue weighted by Gasteiger charge is -2.07. The molecule has 0 fully saturated rings. The van der Waals surface area contributed by atoms with Crippen LogP contribution < -0.4 is 21.7 Å². The van der Waals surface area contributed by atoms with E-state index < -0.39 is 23.6 Å². The first kappa shape index (κ1) is 25.8. The normalized spacial score (nSPS) is 11.1. The predicted molar refractivity (Wildman–Crippen MR) is 148 cm³/mol. The maximum absolute atomic E-state index is 12.1. The number of carbonyl (C=O) groups is 4. The predicted octanol–water partition coefficient (Wildman–Crippen LogP) is 3.79. The van der Waals surface area contributed by atoms with Crippen molar-refractivity contribution in [2.75, 3.05) is 0 Å². The summed E-state index contributed by atoms with van der Waals surface area (Å²) in [6.07, 6.45) is 5.59. The summed E-state index contributed by atoms with van der Waals surface area (Å²) in [5.74, 6) is -2.12. The number of nitrogens with one attached hydrogen (secondary N) is 4. The van der Waals surface area contributed by atoms with E-state index in [-0.39, 0.29) is 12.8 Å². The highest BCUT2D eigenvalue weighted by Crippen LogP contribution is 2.20. The standard InChI is InChI=1S/C30H26N4O4/c35-27(17-15-23-11-5-9-21-7-1-3-13-25(21)23)31-33-29(37)19-20-30(38)34-32-28(36)18-16-24-12-6-10-22-8-2-4-14-26(22)24/h1-18H,19-20H2,(H,31,35)(H,32,36)(H,33,37)(H,34,38)/b17-15+,18-16+. The van der Waals surface area contributed by atoms with Crippen LogP contribution in [0.1, 0.15) is 24.0 Å². The van der Waals surface area contributed by atoms with Crippen molar-refractivity contribution in [3.8, 4) is 0 Å². The molecule has 4 N–H and O–H groups in total. The van der Waals surface area contributed by atoms with E-state index in [1.807, 2.05) is 84.9 Å². The summed E-state index contributed by atoms with van der Waals surface area (Å²) in [6, 6.07) is 27.2. The van der Waals surface area contributed by atoms with Crippen molar-refractivity contribution >= 4 is 57.3 Å². The Balaban J connectivity index is 1.16. The maximum Gasteiger partial charge on any atom is 0.262 e. The minimum Gasteiger partial charge on any atom is -0.273 e. The Morgan fingerprint density at radius 1 is 0.500 bits per heavy atom. The third kappa shape index (κ3) is 7.14. The molecule has 0 aliphatic rings. The molecule has 8 nitrogen and oxygen atoms in total. The lowest BCUT2D eigenvalue weighted by Crippen LogP contribution is -2.43. The molecule has 0 atom stereocenters. The third-order valence-electron chi connectivity index (χ3n) is 5.70. The number of benzene rings is 4. The summed E-state index contributed by atoms with van der Waals surface area (Å²) in [4.78, 5) is 48.1. The monoisotopic (exact) mass is 506 g/mol. The van der Waals surface area contributed by atoms with Gasteiger partial charge in [-0.3, -0.25) is 40.9 Å². The SMILES string of the molecule is O=C(/C=C/c1cccc2ccccc12)NNC(=O)CCC(=O)NNC(=O)/C=C/c1cccc2ccccc12. The summed E-state index contributed by atoms with van der Waals surface area (Å²) in [6.45, 7) is 0. The van der Waals surface area contributed by atoms with Crippen molar-refractivity contribution in [3.05, 3.63) is 108 Å². The molecule has 0 saturated carbocycles. The van der Waals surface area contributed by atoms with Crippen molar-refractivity contribution < 1.29 is 19.2 Å². The van der Waals surface area contributed by atoms with E-state index in [0.717, 1.165) is 32.7 Å². The first-order chi connectivity index (χ1) is 18.5. The van der Waals surface area contributed by atoms with E-state index in [9.17, 15) is 19.2 Å². The van der Waals surface area contributed by atoms with Crippen LogP contribution in [-0.2, 0) is 19.2 Å². The molecule has 0 heterocycles. The van der Waals surface area contributed by atoms with Crippen LogP contribution in [0.4, 0.5) is 0 Å². The van der Waals surface area contributed by atoms with E-state index in [0.29, 0.717) is 0 Å². The van der Waals surface area contributed by atoms with Crippen LogP contribution in [0.2, 0.25) is 0 Å². The number of fused-ring (bicyclic) bond motifs is 2. The number of carbonyl (C=O) groups excluding carboxylic acids is 4. The molecular weight excluding hydrogens is 480 g/mol. The molecule has 4 aromatic rings. The molecule has 0 saturated heterocycles. The highest BCUT2D eigenvalue weighted by molar-refractivity contribution is 5.98. The fourth-order valence-corrected chi connectivity index (χ4v) is 3.82. The maximum atomic E-state index is 12.1. The molecule has 0 spiro atoms. The zero-order chi connectivity index (χ0) is 26.7. The first-order valence-corrected chi connectivity index (χ1v) is 12.0. The molecule has 0 bridgehead atoms. The fourth-order valence-electron chi connectivity index (χ4n) is 3.82. The van der Waals surface area contributed by atoms with Crippen molar-refractivity contribution in [1.29, 1.82) is 0 Å². The molecule has 0 aromatic heterocycles. The number of hydrazine groups is 2. The average Bonchev–Trinajstić information content (AvgIpc) is 2.95. The molecule has 4 rings (SSSR count). The number of rotatable bonds is 7. The van der Waals surface area contributed by atoms with Gasteiger partial charge in [-0.25, -0.2) is 0 Å². The van der Waals surface area contributed by atoms with Crippen LogP contribution in [0.5, 0.6) is 0 Å². The highest BCUT2D eigenvalue weighted by Gasteiger charge is 2.08. The van der Waals surface area contributed by atoms with E-state index in [2.05, 4.69) is 21.7 Å². The molecular formula is C30H26N4O4. The van der Waals surface area contributed by atoms with Gasteiger partial charge in [0.2, 0.25) is 11.8 Å². The molecule has 0 aliphatic carbocycles. The lowest BCUT2D eigenvalue weighted by molar-refractivity contribution is -0.130. The number of hydrogen-bond donors (Lipinski definition) is 4. The van der Waals surface area contributed by atoms with Gasteiger partial charge in [0, 0.05) is 25.0 Å². The number of hydrogen-bond acceptors (Lipinski definition) is 4. The molecule has 0 unspecified atom stereocenters. The Morgan fingerprint density at radius 2 is 0.895 bits per heavy atom. The fraction of sp³-hybridized carbons (Fsp3) is 0.0667. The summed E-state index contributed by atoms with van der Waals surface area (Å²) >= 11 is 0. The van der Waals surface area contributed by atoms with Gasteiger partial charge in [-0.05, 0) is 44.8 Å². The van der Waals surface area contributed by atoms with Crippen molar-refractivity contribution in [1.82, 2.24) is 21.7 Å². The Labute approximate surface area is 219 Å². The molecule has 190 valence electrons. The first-order valence-electron chi connectivity index (χ1n) is 12.0. The van der Waals surface area contributed by atoms with E-state index in [1.54, 1.807) is 12.2 Å². The molecule has 38 heavy (non-hydrogen) atoms. The summed E-state index contributed by atoms with van der Waals surface area (Å²) in [7, 11) is 0. The van der Waals surface area contributed by atoms with Crippen molar-refractivity contribution in [2.45, 2.75) is 12.8 Å². The second kappa shape index (κ2) is 12.6.